The number of nitrogens with zero attached hydrogens (tertiary/aromatic N) is 1. The molecule has 2 N–H and O–H groups in total. The number of thiophene rings is 1. The monoisotopic (exact) mass is 396 g/mol. The third-order valence-corrected chi connectivity index (χ3v) is 5.04. The van der Waals surface area contributed by atoms with Gasteiger partial charge >= 0.3 is 5.97 Å². The number of hydrogen-bond donors (Lipinski definition) is 1. The van der Waals surface area contributed by atoms with Crippen molar-refractivity contribution >= 4 is 33.2 Å². The van der Waals surface area contributed by atoms with Gasteiger partial charge in [0.15, 0.2) is 0 Å². The van der Waals surface area contributed by atoms with E-state index in [9.17, 15) is 10.1 Å². The Kier molecular flexibility index (Phi) is 5.85. The van der Waals surface area contributed by atoms with E-state index in [0.717, 1.165) is 15.1 Å². The number of nitrogens with two attached hydrogens (primary N) is 1. The summed E-state index contributed by atoms with van der Waals surface area (Å²) in [5.41, 5.74) is 6.53. The predicted octanol–water partition coefficient (Wildman–Crippen LogP) is 3.94. The van der Waals surface area contributed by atoms with E-state index in [0.29, 0.717) is 17.8 Å². The molecule has 0 aromatic carbocycles. The minimum Gasteiger partial charge on any atom is -0.463 e. The Bertz CT molecular complexity index is 715. The predicted molar refractivity (Wildman–Crippen MR) is 91.2 cm³/mol. The summed E-state index contributed by atoms with van der Waals surface area (Å²) in [6.45, 7) is 3.98. The van der Waals surface area contributed by atoms with Crippen LogP contribution in [0.1, 0.15) is 37.5 Å². The van der Waals surface area contributed by atoms with Crippen molar-refractivity contribution in [2.75, 3.05) is 6.61 Å². The lowest BCUT2D eigenvalue weighted by molar-refractivity contribution is -0.139. The van der Waals surface area contributed by atoms with Crippen LogP contribution in [0.3, 0.4) is 0 Å². The van der Waals surface area contributed by atoms with Gasteiger partial charge in [0.25, 0.3) is 0 Å². The van der Waals surface area contributed by atoms with Crippen molar-refractivity contribution in [1.82, 2.24) is 0 Å². The van der Waals surface area contributed by atoms with Crippen molar-refractivity contribution < 1.29 is 14.3 Å². The normalized spacial score (nSPS) is 17.7. The summed E-state index contributed by atoms with van der Waals surface area (Å²) in [4.78, 5) is 13.3. The van der Waals surface area contributed by atoms with Gasteiger partial charge in [-0.15, -0.1) is 11.3 Å². The molecule has 0 fully saturated rings. The molecule has 0 bridgehead atoms. The molecule has 0 saturated carbocycles. The molecule has 1 aliphatic heterocycles. The van der Waals surface area contributed by atoms with E-state index in [1.54, 1.807) is 6.92 Å². The smallest absolute Gasteiger partial charge is 0.338 e. The van der Waals surface area contributed by atoms with Gasteiger partial charge in [0.1, 0.15) is 17.4 Å². The van der Waals surface area contributed by atoms with Gasteiger partial charge < -0.3 is 15.2 Å². The Balaban J connectivity index is 2.62. The Labute approximate surface area is 147 Å². The Hall–Kier alpha value is -1.78. The van der Waals surface area contributed by atoms with Gasteiger partial charge in [0.05, 0.1) is 21.9 Å². The maximum Gasteiger partial charge on any atom is 0.338 e. The molecule has 1 aliphatic rings. The summed E-state index contributed by atoms with van der Waals surface area (Å²) in [7, 11) is 0. The second-order valence-electron chi connectivity index (χ2n) is 4.87. The van der Waals surface area contributed by atoms with E-state index in [4.69, 9.17) is 15.2 Å². The molecule has 0 saturated heterocycles. The summed E-state index contributed by atoms with van der Waals surface area (Å²) >= 11 is 4.87. The molecule has 1 unspecified atom stereocenters. The SMILES string of the molecule is CCCC1=C(C(=O)OCC)C(c2ccc(Br)s2)C(C#N)=C(N)O1. The number of rotatable bonds is 5. The molecule has 1 aromatic heterocycles. The fourth-order valence-corrected chi connectivity index (χ4v) is 3.97. The fraction of sp³-hybridized carbons (Fsp3) is 0.375. The minimum absolute atomic E-state index is 0.0542. The van der Waals surface area contributed by atoms with Crippen LogP contribution in [0, 0.1) is 11.3 Å². The largest absolute Gasteiger partial charge is 0.463 e. The summed E-state index contributed by atoms with van der Waals surface area (Å²) in [5, 5.41) is 9.50. The molecule has 0 spiro atoms. The molecule has 1 atom stereocenters. The number of ether oxygens (including phenoxy) is 2. The molecular weight excluding hydrogens is 380 g/mol. The zero-order chi connectivity index (χ0) is 17.0. The third-order valence-electron chi connectivity index (χ3n) is 3.35. The lowest BCUT2D eigenvalue weighted by atomic mass is 9.86. The maximum absolute atomic E-state index is 12.5. The summed E-state index contributed by atoms with van der Waals surface area (Å²) < 4.78 is 11.7. The third kappa shape index (κ3) is 3.59. The van der Waals surface area contributed by atoms with Crippen LogP contribution >= 0.6 is 27.3 Å². The highest BCUT2D eigenvalue weighted by Gasteiger charge is 2.38. The number of halogens is 1. The Morgan fingerprint density at radius 3 is 2.78 bits per heavy atom. The number of carbonyl (C=O) groups is 1. The fourth-order valence-electron chi connectivity index (χ4n) is 2.43. The van der Waals surface area contributed by atoms with E-state index in [1.165, 1.54) is 11.3 Å². The molecule has 0 amide bonds. The zero-order valence-corrected chi connectivity index (χ0v) is 15.3. The number of carbonyl (C=O) groups excluding carboxylic acids is 1. The first-order valence-corrected chi connectivity index (χ1v) is 8.87. The highest BCUT2D eigenvalue weighted by atomic mass is 79.9. The number of allylic oxidation sites excluding steroid dienone is 2. The molecule has 2 heterocycles. The van der Waals surface area contributed by atoms with Crippen LogP contribution in [-0.4, -0.2) is 12.6 Å². The van der Waals surface area contributed by atoms with E-state index in [2.05, 4.69) is 22.0 Å². The van der Waals surface area contributed by atoms with Crippen LogP contribution in [0.25, 0.3) is 0 Å². The van der Waals surface area contributed by atoms with Gasteiger partial charge in [0.2, 0.25) is 5.88 Å². The minimum atomic E-state index is -0.550. The van der Waals surface area contributed by atoms with Gasteiger partial charge in [-0.05, 0) is 41.4 Å². The van der Waals surface area contributed by atoms with Crippen molar-refractivity contribution in [3.8, 4) is 6.07 Å². The molecule has 122 valence electrons. The van der Waals surface area contributed by atoms with Crippen LogP contribution in [0.4, 0.5) is 0 Å². The van der Waals surface area contributed by atoms with Crippen molar-refractivity contribution in [2.45, 2.75) is 32.6 Å². The average molecular weight is 397 g/mol. The molecule has 2 rings (SSSR count). The van der Waals surface area contributed by atoms with Gasteiger partial charge in [-0.1, -0.05) is 6.92 Å². The van der Waals surface area contributed by atoms with Gasteiger partial charge in [-0.25, -0.2) is 4.79 Å². The number of nitriles is 1. The van der Waals surface area contributed by atoms with Gasteiger partial charge in [-0.3, -0.25) is 0 Å². The first-order chi connectivity index (χ1) is 11.0. The van der Waals surface area contributed by atoms with Crippen molar-refractivity contribution in [3.63, 3.8) is 0 Å². The second-order valence-corrected chi connectivity index (χ2v) is 7.37. The first kappa shape index (κ1) is 17.6. The summed E-state index contributed by atoms with van der Waals surface area (Å²) in [6.07, 6.45) is 1.34. The lowest BCUT2D eigenvalue weighted by Crippen LogP contribution is -2.25. The molecule has 23 heavy (non-hydrogen) atoms. The van der Waals surface area contributed by atoms with E-state index in [1.807, 2.05) is 19.1 Å². The van der Waals surface area contributed by atoms with Crippen LogP contribution in [-0.2, 0) is 14.3 Å². The zero-order valence-electron chi connectivity index (χ0n) is 12.9. The summed E-state index contributed by atoms with van der Waals surface area (Å²) in [6, 6.07) is 5.83. The lowest BCUT2D eigenvalue weighted by Gasteiger charge is -2.27. The average Bonchev–Trinajstić information content (AvgIpc) is 2.93. The van der Waals surface area contributed by atoms with Crippen molar-refractivity contribution in [2.24, 2.45) is 5.73 Å². The summed E-state index contributed by atoms with van der Waals surface area (Å²) in [5.74, 6) is -0.480. The van der Waals surface area contributed by atoms with Crippen LogP contribution in [0.15, 0.2) is 38.7 Å². The van der Waals surface area contributed by atoms with Crippen LogP contribution < -0.4 is 5.73 Å². The van der Waals surface area contributed by atoms with Crippen LogP contribution in [0.2, 0.25) is 0 Å². The molecular formula is C16H17BrN2O3S. The van der Waals surface area contributed by atoms with Gasteiger partial charge in [-0.2, -0.15) is 5.26 Å². The van der Waals surface area contributed by atoms with E-state index in [-0.39, 0.29) is 18.1 Å². The Morgan fingerprint density at radius 1 is 1.52 bits per heavy atom. The molecule has 7 heteroatoms. The molecule has 0 radical (unpaired) electrons. The standard InChI is InChI=1S/C16H17BrN2O3S/c1-3-5-10-14(16(20)21-4-2)13(9(8-18)15(19)22-10)11-6-7-12(17)23-11/h6-7,13H,3-5,19H2,1-2H3. The van der Waals surface area contributed by atoms with E-state index < -0.39 is 11.9 Å². The Morgan fingerprint density at radius 2 is 2.26 bits per heavy atom. The topological polar surface area (TPSA) is 85.3 Å². The highest BCUT2D eigenvalue weighted by molar-refractivity contribution is 9.11. The van der Waals surface area contributed by atoms with Crippen LogP contribution in [0.5, 0.6) is 0 Å². The first-order valence-electron chi connectivity index (χ1n) is 7.26. The molecule has 1 aromatic rings. The molecule has 0 aliphatic carbocycles. The van der Waals surface area contributed by atoms with Crippen molar-refractivity contribution in [1.29, 1.82) is 5.26 Å². The highest BCUT2D eigenvalue weighted by Crippen LogP contribution is 2.43. The van der Waals surface area contributed by atoms with Gasteiger partial charge in [0, 0.05) is 11.3 Å². The second kappa shape index (κ2) is 7.66. The van der Waals surface area contributed by atoms with E-state index >= 15 is 0 Å². The number of esters is 1. The van der Waals surface area contributed by atoms with Crippen molar-refractivity contribution in [3.05, 3.63) is 43.6 Å². The number of hydrogen-bond acceptors (Lipinski definition) is 6. The molecule has 5 nitrogen and oxygen atoms in total. The quantitative estimate of drug-likeness (QED) is 0.761. The maximum atomic E-state index is 12.5.